The largest absolute Gasteiger partial charge is 0.405 e. The quantitative estimate of drug-likeness (QED) is 0.610. The fraction of sp³-hybridized carbons (Fsp3) is 0.480. The highest BCUT2D eigenvalue weighted by Gasteiger charge is 2.52. The third-order valence-corrected chi connectivity index (χ3v) is 7.59. The molecule has 2 saturated heterocycles. The lowest BCUT2D eigenvalue weighted by Gasteiger charge is -2.40. The molecule has 1 unspecified atom stereocenters. The summed E-state index contributed by atoms with van der Waals surface area (Å²) in [7, 11) is 0. The molecule has 2 amide bonds. The van der Waals surface area contributed by atoms with Crippen LogP contribution in [0.1, 0.15) is 54.4 Å². The maximum Gasteiger partial charge on any atom is 0.405 e. The molecule has 3 atom stereocenters. The number of hydrogen-bond acceptors (Lipinski definition) is 4. The number of nitrogens with zero attached hydrogens (tertiary/aromatic N) is 2. The van der Waals surface area contributed by atoms with E-state index in [-0.39, 0.29) is 29.6 Å². The first-order chi connectivity index (χ1) is 16.6. The summed E-state index contributed by atoms with van der Waals surface area (Å²) in [6.45, 7) is -1.38. The van der Waals surface area contributed by atoms with Gasteiger partial charge >= 0.3 is 6.18 Å². The van der Waals surface area contributed by atoms with Crippen LogP contribution in [0.2, 0.25) is 5.02 Å². The molecule has 1 aromatic carbocycles. The fourth-order valence-electron chi connectivity index (χ4n) is 5.51. The average molecular weight is 507 g/mol. The Bertz CT molecular complexity index is 1110. The summed E-state index contributed by atoms with van der Waals surface area (Å²) < 4.78 is 37.0. The lowest BCUT2D eigenvalue weighted by molar-refractivity contribution is -0.124. The first-order valence-corrected chi connectivity index (χ1v) is 12.2. The number of alkyl halides is 3. The maximum atomic E-state index is 13.2. The minimum absolute atomic E-state index is 0.0602. The maximum absolute atomic E-state index is 13.2. The van der Waals surface area contributed by atoms with Crippen LogP contribution < -0.4 is 15.5 Å². The molecule has 1 saturated carbocycles. The van der Waals surface area contributed by atoms with Gasteiger partial charge in [0.05, 0.1) is 11.0 Å². The van der Waals surface area contributed by atoms with Gasteiger partial charge in [0.15, 0.2) is 0 Å². The van der Waals surface area contributed by atoms with Crippen molar-refractivity contribution < 1.29 is 22.8 Å². The smallest absolute Gasteiger partial charge is 0.352 e. The summed E-state index contributed by atoms with van der Waals surface area (Å²) in [5, 5.41) is 5.78. The van der Waals surface area contributed by atoms with Crippen LogP contribution in [-0.2, 0) is 10.2 Å². The Balaban J connectivity index is 1.21. The van der Waals surface area contributed by atoms with Crippen LogP contribution in [-0.4, -0.2) is 47.6 Å². The SMILES string of the molecule is O=C(NCC(F)(F)F)c1ccc(N2[C@@H]3CC[C@H]2CC(NC(=O)C2(c4cccc(Cl)c4)CC2)C3)nc1. The van der Waals surface area contributed by atoms with E-state index in [9.17, 15) is 22.8 Å². The lowest BCUT2D eigenvalue weighted by Crippen LogP contribution is -2.52. The number of pyridine rings is 1. The molecule has 2 bridgehead atoms. The van der Waals surface area contributed by atoms with Gasteiger partial charge in [0.25, 0.3) is 5.91 Å². The van der Waals surface area contributed by atoms with E-state index >= 15 is 0 Å². The van der Waals surface area contributed by atoms with Gasteiger partial charge < -0.3 is 15.5 Å². The van der Waals surface area contributed by atoms with E-state index in [4.69, 9.17) is 11.6 Å². The van der Waals surface area contributed by atoms with Gasteiger partial charge in [-0.1, -0.05) is 23.7 Å². The van der Waals surface area contributed by atoms with E-state index in [0.29, 0.717) is 10.8 Å². The third-order valence-electron chi connectivity index (χ3n) is 7.35. The molecule has 186 valence electrons. The summed E-state index contributed by atoms with van der Waals surface area (Å²) in [4.78, 5) is 31.8. The molecule has 0 radical (unpaired) electrons. The molecule has 35 heavy (non-hydrogen) atoms. The van der Waals surface area contributed by atoms with Crippen molar-refractivity contribution >= 4 is 29.2 Å². The van der Waals surface area contributed by atoms with Gasteiger partial charge in [-0.15, -0.1) is 0 Å². The Morgan fingerprint density at radius 1 is 1.11 bits per heavy atom. The van der Waals surface area contributed by atoms with Gasteiger partial charge in [-0.05, 0) is 68.4 Å². The van der Waals surface area contributed by atoms with Gasteiger partial charge in [-0.2, -0.15) is 13.2 Å². The van der Waals surface area contributed by atoms with Gasteiger partial charge in [0.1, 0.15) is 12.4 Å². The molecule has 2 N–H and O–H groups in total. The standard InChI is InChI=1S/C25H26ClF3N4O2/c26-17-3-1-2-16(10-17)24(8-9-24)23(35)32-18-11-19-5-6-20(12-18)33(19)21-7-4-15(13-30-21)22(34)31-14-25(27,28)29/h1-4,7,10,13,18-20H,5-6,8-9,11-12,14H2,(H,31,34)(H,32,35)/t18?,19-,20+. The number of benzene rings is 1. The second kappa shape index (κ2) is 9.00. The Labute approximate surface area is 206 Å². The van der Waals surface area contributed by atoms with Crippen molar-refractivity contribution in [2.45, 2.75) is 68.2 Å². The van der Waals surface area contributed by atoms with E-state index < -0.39 is 24.0 Å². The predicted octanol–water partition coefficient (Wildman–Crippen LogP) is 4.37. The number of halogens is 4. The number of piperidine rings is 1. The number of carbonyl (C=O) groups is 2. The van der Waals surface area contributed by atoms with Crippen molar-refractivity contribution in [3.63, 3.8) is 0 Å². The normalized spacial score (nSPS) is 24.7. The van der Waals surface area contributed by atoms with E-state index in [1.807, 2.05) is 29.6 Å². The first kappa shape index (κ1) is 23.9. The number of anilines is 1. The molecular formula is C25H26ClF3N4O2. The van der Waals surface area contributed by atoms with Crippen LogP contribution in [0.5, 0.6) is 0 Å². The zero-order chi connectivity index (χ0) is 24.8. The van der Waals surface area contributed by atoms with Crippen LogP contribution >= 0.6 is 11.6 Å². The van der Waals surface area contributed by atoms with Crippen molar-refractivity contribution in [3.05, 3.63) is 58.7 Å². The molecule has 1 aromatic heterocycles. The number of nitrogens with one attached hydrogen (secondary N) is 2. The molecule has 6 nitrogen and oxygen atoms in total. The average Bonchev–Trinajstić information content (AvgIpc) is 3.58. The molecule has 0 spiro atoms. The zero-order valence-corrected chi connectivity index (χ0v) is 19.7. The van der Waals surface area contributed by atoms with Crippen molar-refractivity contribution in [1.29, 1.82) is 0 Å². The molecule has 3 fully saturated rings. The van der Waals surface area contributed by atoms with Gasteiger partial charge in [0, 0.05) is 29.3 Å². The Hall–Kier alpha value is -2.81. The summed E-state index contributed by atoms with van der Waals surface area (Å²) in [5.41, 5.74) is 0.570. The zero-order valence-electron chi connectivity index (χ0n) is 18.9. The highest BCUT2D eigenvalue weighted by Crippen LogP contribution is 2.49. The van der Waals surface area contributed by atoms with Gasteiger partial charge in [0.2, 0.25) is 5.91 Å². The number of carbonyl (C=O) groups excluding carboxylic acids is 2. The van der Waals surface area contributed by atoms with Crippen LogP contribution in [0.4, 0.5) is 19.0 Å². The van der Waals surface area contributed by atoms with Gasteiger partial charge in [-0.3, -0.25) is 9.59 Å². The van der Waals surface area contributed by atoms with Crippen LogP contribution in [0.3, 0.4) is 0 Å². The highest BCUT2D eigenvalue weighted by atomic mass is 35.5. The van der Waals surface area contributed by atoms with Crippen LogP contribution in [0.15, 0.2) is 42.6 Å². The molecular weight excluding hydrogens is 481 g/mol. The first-order valence-electron chi connectivity index (χ1n) is 11.8. The van der Waals surface area contributed by atoms with E-state index in [2.05, 4.69) is 15.2 Å². The predicted molar refractivity (Wildman–Crippen MR) is 125 cm³/mol. The monoisotopic (exact) mass is 506 g/mol. The minimum atomic E-state index is -4.46. The van der Waals surface area contributed by atoms with Crippen molar-refractivity contribution in [1.82, 2.24) is 15.6 Å². The Morgan fingerprint density at radius 3 is 2.40 bits per heavy atom. The molecule has 2 aromatic rings. The molecule has 10 heteroatoms. The number of rotatable bonds is 6. The molecule has 2 aliphatic heterocycles. The number of hydrogen-bond donors (Lipinski definition) is 2. The lowest BCUT2D eigenvalue weighted by atomic mass is 9.92. The van der Waals surface area contributed by atoms with Crippen molar-refractivity contribution in [3.8, 4) is 0 Å². The summed E-state index contributed by atoms with van der Waals surface area (Å²) in [6, 6.07) is 11.2. The summed E-state index contributed by atoms with van der Waals surface area (Å²) in [5.74, 6) is -0.0447. The molecule has 5 rings (SSSR count). The summed E-state index contributed by atoms with van der Waals surface area (Å²) >= 11 is 6.15. The van der Waals surface area contributed by atoms with Crippen LogP contribution in [0.25, 0.3) is 0 Å². The van der Waals surface area contributed by atoms with E-state index in [1.54, 1.807) is 6.07 Å². The highest BCUT2D eigenvalue weighted by molar-refractivity contribution is 6.30. The number of aromatic nitrogens is 1. The topological polar surface area (TPSA) is 74.3 Å². The number of amides is 2. The molecule has 3 aliphatic rings. The molecule has 3 heterocycles. The Kier molecular flexibility index (Phi) is 6.15. The minimum Gasteiger partial charge on any atom is -0.352 e. The Morgan fingerprint density at radius 2 is 1.83 bits per heavy atom. The second-order valence-corrected chi connectivity index (χ2v) is 10.2. The summed E-state index contributed by atoms with van der Waals surface area (Å²) in [6.07, 6.45) is 2.03. The van der Waals surface area contributed by atoms with Gasteiger partial charge in [-0.25, -0.2) is 4.98 Å². The van der Waals surface area contributed by atoms with Crippen molar-refractivity contribution in [2.24, 2.45) is 0 Å². The fourth-order valence-corrected chi connectivity index (χ4v) is 5.70. The van der Waals surface area contributed by atoms with Crippen LogP contribution in [0, 0.1) is 0 Å². The van der Waals surface area contributed by atoms with E-state index in [1.165, 1.54) is 12.3 Å². The third kappa shape index (κ3) is 4.96. The van der Waals surface area contributed by atoms with Crippen molar-refractivity contribution in [2.75, 3.05) is 11.4 Å². The second-order valence-electron chi connectivity index (χ2n) is 9.73. The molecule has 1 aliphatic carbocycles. The van der Waals surface area contributed by atoms with E-state index in [0.717, 1.165) is 44.1 Å². The number of fused-ring (bicyclic) bond motifs is 2.